The van der Waals surface area contributed by atoms with Crippen LogP contribution in [0.15, 0.2) is 11.6 Å². The second kappa shape index (κ2) is 7.33. The molecule has 5 nitrogen and oxygen atoms in total. The Morgan fingerprint density at radius 3 is 1.23 bits per heavy atom. The largest absolute Gasteiger partial charge is 0.344 e. The first-order chi connectivity index (χ1) is 4.95. The normalized spacial score (nSPS) is 7.31. The Morgan fingerprint density at radius 1 is 0.846 bits per heavy atom. The van der Waals surface area contributed by atoms with E-state index in [0.29, 0.717) is 0 Å². The number of allylic oxidation sites excluding steroid dienone is 2. The molecule has 0 unspecified atom stereocenters. The third-order valence-corrected chi connectivity index (χ3v) is 1.11. The third kappa shape index (κ3) is 7.04. The van der Waals surface area contributed by atoms with Gasteiger partial charge in [0, 0.05) is 0 Å². The van der Waals surface area contributed by atoms with Gasteiger partial charge in [0.25, 0.3) is 0 Å². The van der Waals surface area contributed by atoms with E-state index >= 15 is 0 Å². The minimum Gasteiger partial charge on any atom is -0.344 e. The summed E-state index contributed by atoms with van der Waals surface area (Å²) >= 11 is 0. The number of ketones is 3. The van der Waals surface area contributed by atoms with Crippen molar-refractivity contribution in [3.8, 4) is 0 Å². The molecule has 0 aliphatic rings. The maximum absolute atomic E-state index is 10.7. The molecular weight excluding hydrogens is 172 g/mol. The second-order valence-electron chi connectivity index (χ2n) is 2.28. The van der Waals surface area contributed by atoms with Crippen LogP contribution in [-0.2, 0) is 14.4 Å². The Balaban J connectivity index is -0.000000500. The Bertz CT molecular complexity index is 228. The monoisotopic (exact) mass is 188 g/mol. The van der Waals surface area contributed by atoms with Crippen LogP contribution in [-0.4, -0.2) is 17.3 Å². The van der Waals surface area contributed by atoms with Crippen LogP contribution in [0.4, 0.5) is 0 Å². The zero-order valence-corrected chi connectivity index (χ0v) is 8.22. The van der Waals surface area contributed by atoms with Crippen molar-refractivity contribution in [3.05, 3.63) is 11.6 Å². The zero-order valence-electron chi connectivity index (χ0n) is 8.22. The lowest BCUT2D eigenvalue weighted by atomic mass is 10.1. The van der Waals surface area contributed by atoms with Gasteiger partial charge in [0.15, 0.2) is 17.3 Å². The Labute approximate surface area is 77.4 Å². The lowest BCUT2D eigenvalue weighted by molar-refractivity contribution is -0.120. The molecule has 0 saturated carbocycles. The molecule has 0 heterocycles. The third-order valence-electron chi connectivity index (χ3n) is 1.11. The van der Waals surface area contributed by atoms with Gasteiger partial charge in [-0.05, 0) is 26.8 Å². The first kappa shape index (κ1) is 17.7. The molecule has 0 fully saturated rings. The maximum Gasteiger partial charge on any atom is 0.163 e. The zero-order chi connectivity index (χ0) is 9.02. The molecule has 0 aromatic rings. The molecule has 0 aromatic carbocycles. The minimum absolute atomic E-state index is 0. The summed E-state index contributed by atoms with van der Waals surface area (Å²) in [5, 5.41) is 0. The van der Waals surface area contributed by atoms with Crippen molar-refractivity contribution >= 4 is 17.3 Å². The van der Waals surface area contributed by atoms with E-state index in [1.165, 1.54) is 20.8 Å². The summed E-state index contributed by atoms with van der Waals surface area (Å²) < 4.78 is 0. The van der Waals surface area contributed by atoms with Gasteiger partial charge in [-0.3, -0.25) is 14.4 Å². The summed E-state index contributed by atoms with van der Waals surface area (Å²) in [6.45, 7) is 3.82. The van der Waals surface area contributed by atoms with Crippen molar-refractivity contribution < 1.29 is 14.4 Å². The first-order valence-corrected chi connectivity index (χ1v) is 3.19. The Hall–Kier alpha value is -1.33. The number of carbonyl (C=O) groups is 3. The van der Waals surface area contributed by atoms with E-state index in [1.807, 2.05) is 0 Å². The Morgan fingerprint density at radius 2 is 1.15 bits per heavy atom. The molecule has 0 amide bonds. The molecule has 0 aliphatic carbocycles. The van der Waals surface area contributed by atoms with E-state index in [2.05, 4.69) is 0 Å². The molecule has 0 bridgehead atoms. The topological polar surface area (TPSA) is 121 Å². The van der Waals surface area contributed by atoms with Gasteiger partial charge in [-0.1, -0.05) is 0 Å². The lowest BCUT2D eigenvalue weighted by Crippen LogP contribution is -2.07. The molecule has 6 N–H and O–H groups in total. The van der Waals surface area contributed by atoms with Crippen LogP contribution in [0.1, 0.15) is 20.8 Å². The molecule has 0 aliphatic heterocycles. The second-order valence-corrected chi connectivity index (χ2v) is 2.28. The van der Waals surface area contributed by atoms with Gasteiger partial charge in [0.2, 0.25) is 0 Å². The molecule has 0 aromatic heterocycles. The summed E-state index contributed by atoms with van der Waals surface area (Å²) in [4.78, 5) is 31.8. The standard InChI is InChI=1S/C8H10O3.2H3N/c1-5(9)4-8(6(2)10)7(3)11;;/h4H,1-3H3;2*1H3. The van der Waals surface area contributed by atoms with Crippen LogP contribution in [0.25, 0.3) is 0 Å². The van der Waals surface area contributed by atoms with E-state index in [1.54, 1.807) is 0 Å². The predicted octanol–water partition coefficient (Wildman–Crippen LogP) is 1.00. The fraction of sp³-hybridized carbons (Fsp3) is 0.375. The molecule has 0 radical (unpaired) electrons. The minimum atomic E-state index is -0.368. The molecule has 0 spiro atoms. The van der Waals surface area contributed by atoms with Gasteiger partial charge < -0.3 is 12.3 Å². The maximum atomic E-state index is 10.7. The highest BCUT2D eigenvalue weighted by Crippen LogP contribution is 1.97. The van der Waals surface area contributed by atoms with Gasteiger partial charge in [-0.25, -0.2) is 0 Å². The van der Waals surface area contributed by atoms with Crippen LogP contribution in [0.2, 0.25) is 0 Å². The Kier molecular flexibility index (Phi) is 9.96. The van der Waals surface area contributed by atoms with E-state index in [0.717, 1.165) is 6.08 Å². The van der Waals surface area contributed by atoms with Crippen molar-refractivity contribution in [2.45, 2.75) is 20.8 Å². The SMILES string of the molecule is CC(=O)C=C(C(C)=O)C(C)=O.N.N. The predicted molar refractivity (Wildman–Crippen MR) is 50.2 cm³/mol. The number of hydrogen-bond acceptors (Lipinski definition) is 5. The fourth-order valence-corrected chi connectivity index (χ4v) is 0.654. The summed E-state index contributed by atoms with van der Waals surface area (Å²) in [6.07, 6.45) is 1.06. The fourth-order valence-electron chi connectivity index (χ4n) is 0.654. The highest BCUT2D eigenvalue weighted by Gasteiger charge is 2.09. The van der Waals surface area contributed by atoms with E-state index in [9.17, 15) is 14.4 Å². The molecule has 0 atom stereocenters. The van der Waals surface area contributed by atoms with E-state index in [4.69, 9.17) is 0 Å². The van der Waals surface area contributed by atoms with Gasteiger partial charge in [-0.15, -0.1) is 0 Å². The van der Waals surface area contributed by atoms with Crippen LogP contribution < -0.4 is 12.3 Å². The quantitative estimate of drug-likeness (QED) is 0.388. The van der Waals surface area contributed by atoms with Gasteiger partial charge in [-0.2, -0.15) is 0 Å². The number of hydrogen-bond donors (Lipinski definition) is 2. The average Bonchev–Trinajstić information content (AvgIpc) is 1.81. The molecule has 0 saturated heterocycles. The van der Waals surface area contributed by atoms with Gasteiger partial charge in [0.1, 0.15) is 0 Å². The van der Waals surface area contributed by atoms with Crippen molar-refractivity contribution in [3.63, 3.8) is 0 Å². The molecule has 13 heavy (non-hydrogen) atoms. The first-order valence-electron chi connectivity index (χ1n) is 3.19. The number of Topliss-reactive ketones (excluding diaryl/α,β-unsaturated/α-hetero) is 2. The summed E-state index contributed by atoms with van der Waals surface area (Å²) in [6, 6.07) is 0. The number of carbonyl (C=O) groups excluding carboxylic acids is 3. The summed E-state index contributed by atoms with van der Waals surface area (Å²) in [7, 11) is 0. The van der Waals surface area contributed by atoms with Crippen LogP contribution in [0, 0.1) is 0 Å². The van der Waals surface area contributed by atoms with E-state index < -0.39 is 0 Å². The summed E-state index contributed by atoms with van der Waals surface area (Å²) in [5.74, 6) is -1.02. The van der Waals surface area contributed by atoms with Crippen molar-refractivity contribution in [2.75, 3.05) is 0 Å². The van der Waals surface area contributed by atoms with E-state index in [-0.39, 0.29) is 35.2 Å². The molecule has 76 valence electrons. The molecule has 5 heteroatoms. The smallest absolute Gasteiger partial charge is 0.163 e. The van der Waals surface area contributed by atoms with Crippen LogP contribution in [0.3, 0.4) is 0 Å². The highest BCUT2D eigenvalue weighted by molar-refractivity contribution is 6.21. The van der Waals surface area contributed by atoms with Crippen molar-refractivity contribution in [1.82, 2.24) is 12.3 Å². The molecular formula is C8H16N2O3. The summed E-state index contributed by atoms with van der Waals surface area (Å²) in [5.41, 5.74) is -0.0301. The van der Waals surface area contributed by atoms with Crippen molar-refractivity contribution in [1.29, 1.82) is 0 Å². The lowest BCUT2D eigenvalue weighted by Gasteiger charge is -1.94. The number of rotatable bonds is 3. The average molecular weight is 188 g/mol. The van der Waals surface area contributed by atoms with Crippen molar-refractivity contribution in [2.24, 2.45) is 0 Å². The van der Waals surface area contributed by atoms with Gasteiger partial charge >= 0.3 is 0 Å². The van der Waals surface area contributed by atoms with Crippen LogP contribution >= 0.6 is 0 Å². The highest BCUT2D eigenvalue weighted by atomic mass is 16.1. The van der Waals surface area contributed by atoms with Crippen LogP contribution in [0.5, 0.6) is 0 Å². The molecule has 0 rings (SSSR count). The van der Waals surface area contributed by atoms with Gasteiger partial charge in [0.05, 0.1) is 5.57 Å².